The summed E-state index contributed by atoms with van der Waals surface area (Å²) in [5.74, 6) is -1.57. The van der Waals surface area contributed by atoms with Gasteiger partial charge in [-0.15, -0.1) is 0 Å². The van der Waals surface area contributed by atoms with Crippen molar-refractivity contribution < 1.29 is 27.1 Å². The second-order valence-electron chi connectivity index (χ2n) is 7.58. The largest absolute Gasteiger partial charge is 0.465 e. The third kappa shape index (κ3) is 4.90. The van der Waals surface area contributed by atoms with Gasteiger partial charge >= 0.3 is 5.97 Å². The van der Waals surface area contributed by atoms with Crippen LogP contribution in [0.15, 0.2) is 52.4 Å². The normalized spacial score (nSPS) is 14.7. The summed E-state index contributed by atoms with van der Waals surface area (Å²) in [7, 11) is -2.07. The number of hydrogen-bond donors (Lipinski definition) is 0. The highest BCUT2D eigenvalue weighted by Crippen LogP contribution is 2.30. The number of fused-ring (bicyclic) bond motifs is 1. The van der Waals surface area contributed by atoms with Gasteiger partial charge in [-0.05, 0) is 62.2 Å². The van der Waals surface area contributed by atoms with E-state index in [4.69, 9.17) is 4.74 Å². The van der Waals surface area contributed by atoms with E-state index < -0.39 is 27.7 Å². The lowest BCUT2D eigenvalue weighted by atomic mass is 10.2. The van der Waals surface area contributed by atoms with Crippen LogP contribution in [0.5, 0.6) is 0 Å². The molecular formula is C22H22FN3O5S2. The van der Waals surface area contributed by atoms with Gasteiger partial charge in [-0.3, -0.25) is 9.59 Å². The van der Waals surface area contributed by atoms with Crippen LogP contribution in [-0.2, 0) is 26.1 Å². The molecular weight excluding hydrogens is 469 g/mol. The van der Waals surface area contributed by atoms with Crippen molar-refractivity contribution >= 4 is 43.5 Å². The summed E-state index contributed by atoms with van der Waals surface area (Å²) in [6.07, 6.45) is 1.69. The number of benzene rings is 2. The Labute approximate surface area is 194 Å². The summed E-state index contributed by atoms with van der Waals surface area (Å²) in [5.41, 5.74) is 0.736. The molecule has 1 heterocycles. The van der Waals surface area contributed by atoms with E-state index in [9.17, 15) is 22.4 Å². The summed E-state index contributed by atoms with van der Waals surface area (Å²) < 4.78 is 47.4. The first kappa shape index (κ1) is 23.3. The van der Waals surface area contributed by atoms with Crippen LogP contribution in [0.4, 0.5) is 4.39 Å². The van der Waals surface area contributed by atoms with Gasteiger partial charge in [-0.1, -0.05) is 11.3 Å². The average molecular weight is 492 g/mol. The average Bonchev–Trinajstić information content (AvgIpc) is 3.58. The number of esters is 1. The lowest BCUT2D eigenvalue weighted by molar-refractivity contribution is -0.143. The Hall–Kier alpha value is -2.89. The minimum Gasteiger partial charge on any atom is -0.465 e. The fourth-order valence-electron chi connectivity index (χ4n) is 3.34. The quantitative estimate of drug-likeness (QED) is 0.474. The van der Waals surface area contributed by atoms with Crippen LogP contribution in [0.25, 0.3) is 10.2 Å². The van der Waals surface area contributed by atoms with Crippen LogP contribution >= 0.6 is 11.3 Å². The van der Waals surface area contributed by atoms with Gasteiger partial charge in [-0.2, -0.15) is 9.30 Å². The fraction of sp³-hybridized carbons (Fsp3) is 0.318. The molecule has 2 aromatic carbocycles. The first-order valence-electron chi connectivity index (χ1n) is 10.3. The lowest BCUT2D eigenvalue weighted by Crippen LogP contribution is -2.28. The Bertz CT molecular complexity index is 1390. The zero-order valence-electron chi connectivity index (χ0n) is 18.0. The van der Waals surface area contributed by atoms with Crippen molar-refractivity contribution in [3.63, 3.8) is 0 Å². The SMILES string of the molecule is CCOC(=O)Cn1c(=NC(=O)c2ccc(S(=O)(=O)N(C)C3CC3)cc2)sc2cc(F)ccc21. The second kappa shape index (κ2) is 9.16. The molecule has 0 aliphatic heterocycles. The van der Waals surface area contributed by atoms with Crippen LogP contribution in [0.1, 0.15) is 30.1 Å². The second-order valence-corrected chi connectivity index (χ2v) is 10.6. The molecule has 33 heavy (non-hydrogen) atoms. The standard InChI is InChI=1S/C22H22FN3O5S2/c1-3-31-20(27)13-26-18-11-6-15(23)12-19(18)32-22(26)24-21(28)14-4-9-17(10-5-14)33(29,30)25(2)16-7-8-16/h4-6,9-12,16H,3,7-8,13H2,1-2H3. The molecule has 1 aromatic heterocycles. The smallest absolute Gasteiger partial charge is 0.326 e. The molecule has 0 saturated heterocycles. The highest BCUT2D eigenvalue weighted by atomic mass is 32.2. The highest BCUT2D eigenvalue weighted by Gasteiger charge is 2.35. The predicted octanol–water partition coefficient (Wildman–Crippen LogP) is 2.93. The summed E-state index contributed by atoms with van der Waals surface area (Å²) in [6.45, 7) is 1.70. The van der Waals surface area contributed by atoms with E-state index in [-0.39, 0.29) is 34.5 Å². The van der Waals surface area contributed by atoms with Gasteiger partial charge in [0.05, 0.1) is 21.7 Å². The number of hydrogen-bond acceptors (Lipinski definition) is 6. The molecule has 0 atom stereocenters. The van der Waals surface area contributed by atoms with E-state index in [1.54, 1.807) is 14.0 Å². The number of halogens is 1. The van der Waals surface area contributed by atoms with E-state index in [1.807, 2.05) is 0 Å². The Balaban J connectivity index is 1.67. The van der Waals surface area contributed by atoms with Crippen molar-refractivity contribution in [1.29, 1.82) is 0 Å². The topological polar surface area (TPSA) is 98.0 Å². The molecule has 1 aliphatic carbocycles. The van der Waals surface area contributed by atoms with Crippen molar-refractivity contribution in [2.45, 2.75) is 37.2 Å². The number of amides is 1. The first-order valence-corrected chi connectivity index (χ1v) is 12.6. The number of aromatic nitrogens is 1. The molecule has 1 amide bonds. The molecule has 0 radical (unpaired) electrons. The number of thiazole rings is 1. The molecule has 1 aliphatic rings. The van der Waals surface area contributed by atoms with E-state index in [2.05, 4.69) is 4.99 Å². The van der Waals surface area contributed by atoms with Crippen LogP contribution < -0.4 is 4.80 Å². The van der Waals surface area contributed by atoms with Crippen LogP contribution in [0.3, 0.4) is 0 Å². The van der Waals surface area contributed by atoms with Crippen molar-refractivity contribution in [3.8, 4) is 0 Å². The Morgan fingerprint density at radius 2 is 1.91 bits per heavy atom. The number of ether oxygens (including phenoxy) is 1. The molecule has 4 rings (SSSR count). The van der Waals surface area contributed by atoms with Crippen LogP contribution in [0.2, 0.25) is 0 Å². The first-order chi connectivity index (χ1) is 15.7. The summed E-state index contributed by atoms with van der Waals surface area (Å²) >= 11 is 1.07. The van der Waals surface area contributed by atoms with E-state index in [0.29, 0.717) is 10.2 Å². The Morgan fingerprint density at radius 1 is 1.21 bits per heavy atom. The third-order valence-corrected chi connectivity index (χ3v) is 8.24. The zero-order chi connectivity index (χ0) is 23.8. The molecule has 0 bridgehead atoms. The number of rotatable bonds is 7. The van der Waals surface area contributed by atoms with Gasteiger partial charge in [0.25, 0.3) is 5.91 Å². The number of carbonyl (C=O) groups excluding carboxylic acids is 2. The molecule has 3 aromatic rings. The molecule has 11 heteroatoms. The number of carbonyl (C=O) groups is 2. The molecule has 1 saturated carbocycles. The van der Waals surface area contributed by atoms with Crippen LogP contribution in [-0.4, -0.2) is 48.9 Å². The predicted molar refractivity (Wildman–Crippen MR) is 121 cm³/mol. The molecule has 0 spiro atoms. The minimum absolute atomic E-state index is 0.0268. The van der Waals surface area contributed by atoms with Crippen molar-refractivity contribution in [2.75, 3.05) is 13.7 Å². The molecule has 0 N–H and O–H groups in total. The van der Waals surface area contributed by atoms with Gasteiger partial charge < -0.3 is 9.30 Å². The molecule has 174 valence electrons. The maximum absolute atomic E-state index is 13.7. The summed E-state index contributed by atoms with van der Waals surface area (Å²) in [4.78, 5) is 29.3. The zero-order valence-corrected chi connectivity index (χ0v) is 19.7. The molecule has 0 unspecified atom stereocenters. The summed E-state index contributed by atoms with van der Waals surface area (Å²) in [5, 5.41) is 0. The van der Waals surface area contributed by atoms with Crippen molar-refractivity contribution in [3.05, 3.63) is 58.6 Å². The lowest BCUT2D eigenvalue weighted by Gasteiger charge is -2.16. The molecule has 8 nitrogen and oxygen atoms in total. The number of sulfonamides is 1. The Kier molecular flexibility index (Phi) is 6.46. The van der Waals surface area contributed by atoms with Gasteiger partial charge in [0, 0.05) is 18.7 Å². The van der Waals surface area contributed by atoms with Gasteiger partial charge in [0.1, 0.15) is 12.4 Å². The van der Waals surface area contributed by atoms with Gasteiger partial charge in [-0.25, -0.2) is 12.8 Å². The van der Waals surface area contributed by atoms with E-state index >= 15 is 0 Å². The van der Waals surface area contributed by atoms with Crippen LogP contribution in [0, 0.1) is 5.82 Å². The fourth-order valence-corrected chi connectivity index (χ4v) is 5.81. The maximum atomic E-state index is 13.7. The number of nitrogens with zero attached hydrogens (tertiary/aromatic N) is 3. The van der Waals surface area contributed by atoms with Crippen molar-refractivity contribution in [1.82, 2.24) is 8.87 Å². The van der Waals surface area contributed by atoms with Gasteiger partial charge in [0.2, 0.25) is 10.0 Å². The monoisotopic (exact) mass is 491 g/mol. The van der Waals surface area contributed by atoms with E-state index in [0.717, 1.165) is 24.2 Å². The molecule has 1 fully saturated rings. The minimum atomic E-state index is -3.62. The maximum Gasteiger partial charge on any atom is 0.326 e. The third-order valence-electron chi connectivity index (χ3n) is 5.27. The summed E-state index contributed by atoms with van der Waals surface area (Å²) in [6, 6.07) is 9.68. The van der Waals surface area contributed by atoms with Gasteiger partial charge in [0.15, 0.2) is 4.80 Å². The highest BCUT2D eigenvalue weighted by molar-refractivity contribution is 7.89. The van der Waals surface area contributed by atoms with Crippen molar-refractivity contribution in [2.24, 2.45) is 4.99 Å². The Morgan fingerprint density at radius 3 is 2.55 bits per heavy atom. The van der Waals surface area contributed by atoms with E-state index in [1.165, 1.54) is 51.3 Å².